The number of hydrogen-bond acceptors (Lipinski definition) is 5. The van der Waals surface area contributed by atoms with E-state index in [-0.39, 0.29) is 18.6 Å². The fraction of sp³-hybridized carbons (Fsp3) is 0.345. The number of rotatable bonds is 10. The van der Waals surface area contributed by atoms with Crippen molar-refractivity contribution in [2.24, 2.45) is 0 Å². The van der Waals surface area contributed by atoms with Crippen molar-refractivity contribution in [2.45, 2.75) is 19.6 Å². The van der Waals surface area contributed by atoms with E-state index in [9.17, 15) is 4.79 Å². The minimum atomic E-state index is -0.114. The van der Waals surface area contributed by atoms with Gasteiger partial charge in [-0.25, -0.2) is 0 Å². The fourth-order valence-electron chi connectivity index (χ4n) is 4.16. The van der Waals surface area contributed by atoms with Gasteiger partial charge < -0.3 is 19.1 Å². The fourth-order valence-corrected chi connectivity index (χ4v) is 4.28. The molecule has 0 aliphatic carbocycles. The second-order valence-corrected chi connectivity index (χ2v) is 9.42. The summed E-state index contributed by atoms with van der Waals surface area (Å²) in [5.74, 6) is 1.44. The van der Waals surface area contributed by atoms with Gasteiger partial charge in [0, 0.05) is 37.7 Å². The van der Waals surface area contributed by atoms with E-state index in [1.165, 1.54) is 5.56 Å². The van der Waals surface area contributed by atoms with Crippen LogP contribution < -0.4 is 9.47 Å². The first-order valence-electron chi connectivity index (χ1n) is 12.2. The molecule has 7 heteroatoms. The highest BCUT2D eigenvalue weighted by molar-refractivity contribution is 6.30. The molecule has 4 rings (SSSR count). The Balaban J connectivity index is 1.32. The lowest BCUT2D eigenvalue weighted by atomic mass is 10.1. The second kappa shape index (κ2) is 12.8. The number of carbonyl (C=O) groups is 1. The van der Waals surface area contributed by atoms with Crippen LogP contribution in [0.4, 0.5) is 0 Å². The Kier molecular flexibility index (Phi) is 9.23. The number of nitrogens with zero attached hydrogens (tertiary/aromatic N) is 2. The van der Waals surface area contributed by atoms with Crippen LogP contribution in [-0.2, 0) is 16.1 Å². The van der Waals surface area contributed by atoms with Crippen LogP contribution in [-0.4, -0.2) is 62.1 Å². The highest BCUT2D eigenvalue weighted by Gasteiger charge is 2.24. The average molecular weight is 509 g/mol. The maximum absolute atomic E-state index is 12.7. The summed E-state index contributed by atoms with van der Waals surface area (Å²) < 4.78 is 17.5. The topological polar surface area (TPSA) is 51.2 Å². The maximum atomic E-state index is 12.7. The molecule has 1 atom stereocenters. The molecule has 1 heterocycles. The van der Waals surface area contributed by atoms with Crippen LogP contribution >= 0.6 is 11.6 Å². The van der Waals surface area contributed by atoms with Crippen molar-refractivity contribution in [1.29, 1.82) is 0 Å². The van der Waals surface area contributed by atoms with Gasteiger partial charge in [-0.2, -0.15) is 0 Å². The molecule has 3 aromatic carbocycles. The van der Waals surface area contributed by atoms with Crippen LogP contribution in [0, 0.1) is 6.92 Å². The number of ether oxygens (including phenoxy) is 3. The maximum Gasteiger partial charge on any atom is 0.260 e. The monoisotopic (exact) mass is 508 g/mol. The molecule has 0 aromatic heterocycles. The highest BCUT2D eigenvalue weighted by Crippen LogP contribution is 2.25. The minimum absolute atomic E-state index is 0.00966. The molecule has 0 saturated carbocycles. The summed E-state index contributed by atoms with van der Waals surface area (Å²) in [7, 11) is 1.67. The Morgan fingerprint density at radius 3 is 2.36 bits per heavy atom. The van der Waals surface area contributed by atoms with Crippen LogP contribution in [0.3, 0.4) is 0 Å². The number of amides is 1. The van der Waals surface area contributed by atoms with Crippen LogP contribution in [0.25, 0.3) is 0 Å². The van der Waals surface area contributed by atoms with Gasteiger partial charge in [0.1, 0.15) is 11.5 Å². The summed E-state index contributed by atoms with van der Waals surface area (Å²) >= 11 is 5.91. The summed E-state index contributed by atoms with van der Waals surface area (Å²) in [5.41, 5.74) is 3.45. The normalized spacial score (nSPS) is 14.9. The summed E-state index contributed by atoms with van der Waals surface area (Å²) in [5, 5.41) is 0.639. The first-order chi connectivity index (χ1) is 17.5. The molecule has 1 saturated heterocycles. The lowest BCUT2D eigenvalue weighted by Gasteiger charge is -2.36. The van der Waals surface area contributed by atoms with E-state index < -0.39 is 0 Å². The van der Waals surface area contributed by atoms with Crippen LogP contribution in [0.15, 0.2) is 72.8 Å². The van der Waals surface area contributed by atoms with Gasteiger partial charge in [-0.05, 0) is 54.4 Å². The van der Waals surface area contributed by atoms with Gasteiger partial charge in [-0.1, -0.05) is 53.6 Å². The Bertz CT molecular complexity index is 1110. The minimum Gasteiger partial charge on any atom is -0.497 e. The Hall–Kier alpha value is -3.06. The van der Waals surface area contributed by atoms with Gasteiger partial charge in [0.15, 0.2) is 6.61 Å². The van der Waals surface area contributed by atoms with Crippen molar-refractivity contribution < 1.29 is 19.0 Å². The zero-order valence-electron chi connectivity index (χ0n) is 20.9. The molecule has 0 spiro atoms. The molecule has 1 amide bonds. The van der Waals surface area contributed by atoms with Gasteiger partial charge in [0.2, 0.25) is 0 Å². The zero-order valence-corrected chi connectivity index (χ0v) is 21.6. The number of halogens is 1. The van der Waals surface area contributed by atoms with Gasteiger partial charge in [0.05, 0.1) is 19.8 Å². The van der Waals surface area contributed by atoms with Crippen LogP contribution in [0.1, 0.15) is 22.8 Å². The number of benzene rings is 3. The first kappa shape index (κ1) is 26.0. The molecular formula is C29H33ClN2O4. The smallest absolute Gasteiger partial charge is 0.260 e. The Morgan fingerprint density at radius 1 is 0.944 bits per heavy atom. The number of aryl methyl sites for hydroxylation is 1. The molecule has 1 fully saturated rings. The third kappa shape index (κ3) is 7.47. The van der Waals surface area contributed by atoms with E-state index in [0.29, 0.717) is 30.5 Å². The number of carbonyl (C=O) groups excluding carboxylic acids is 1. The van der Waals surface area contributed by atoms with E-state index in [1.54, 1.807) is 31.4 Å². The molecule has 0 bridgehead atoms. The predicted molar refractivity (Wildman–Crippen MR) is 142 cm³/mol. The van der Waals surface area contributed by atoms with Crippen molar-refractivity contribution in [3.05, 3.63) is 94.5 Å². The quantitative estimate of drug-likeness (QED) is 0.379. The SMILES string of the molecule is COc1cccc(C(CN2CCN(C(=O)COc3ccc(Cl)cc3)CC2)OCc2ccc(C)cc2)c1. The molecule has 1 aliphatic rings. The first-order valence-corrected chi connectivity index (χ1v) is 12.6. The highest BCUT2D eigenvalue weighted by atomic mass is 35.5. The van der Waals surface area contributed by atoms with Gasteiger partial charge in [-0.15, -0.1) is 0 Å². The van der Waals surface area contributed by atoms with Gasteiger partial charge >= 0.3 is 0 Å². The number of piperazine rings is 1. The summed E-state index contributed by atoms with van der Waals surface area (Å²) in [6.07, 6.45) is -0.114. The standard InChI is InChI=1S/C29H33ClN2O4/c1-22-6-8-23(9-7-22)20-36-28(24-4-3-5-27(18-24)34-2)19-31-14-16-32(17-15-31)29(33)21-35-26-12-10-25(30)11-13-26/h3-13,18,28H,14-17,19-21H2,1-2H3. The molecule has 1 unspecified atom stereocenters. The van der Waals surface area contributed by atoms with Gasteiger partial charge in [-0.3, -0.25) is 9.69 Å². The molecular weight excluding hydrogens is 476 g/mol. The Morgan fingerprint density at radius 2 is 1.67 bits per heavy atom. The molecule has 3 aromatic rings. The molecule has 190 valence electrons. The molecule has 36 heavy (non-hydrogen) atoms. The van der Waals surface area contributed by atoms with Crippen molar-refractivity contribution in [3.8, 4) is 11.5 Å². The van der Waals surface area contributed by atoms with E-state index in [1.807, 2.05) is 23.1 Å². The predicted octanol–water partition coefficient (Wildman–Crippen LogP) is 5.14. The lowest BCUT2D eigenvalue weighted by Crippen LogP contribution is -2.50. The summed E-state index contributed by atoms with van der Waals surface area (Å²) in [6, 6.07) is 23.5. The molecule has 6 nitrogen and oxygen atoms in total. The van der Waals surface area contributed by atoms with Crippen molar-refractivity contribution >= 4 is 17.5 Å². The van der Waals surface area contributed by atoms with Gasteiger partial charge in [0.25, 0.3) is 5.91 Å². The summed E-state index contributed by atoms with van der Waals surface area (Å²) in [6.45, 7) is 6.25. The number of hydrogen-bond donors (Lipinski definition) is 0. The second-order valence-electron chi connectivity index (χ2n) is 8.99. The van der Waals surface area contributed by atoms with Crippen molar-refractivity contribution in [1.82, 2.24) is 9.80 Å². The van der Waals surface area contributed by atoms with E-state index in [2.05, 4.69) is 42.2 Å². The largest absolute Gasteiger partial charge is 0.497 e. The summed E-state index contributed by atoms with van der Waals surface area (Å²) in [4.78, 5) is 16.9. The average Bonchev–Trinajstić information content (AvgIpc) is 2.92. The lowest BCUT2D eigenvalue weighted by molar-refractivity contribution is -0.135. The Labute approximate surface area is 218 Å². The third-order valence-corrected chi connectivity index (χ3v) is 6.61. The molecule has 0 N–H and O–H groups in total. The zero-order chi connectivity index (χ0) is 25.3. The molecule has 1 aliphatic heterocycles. The molecule has 0 radical (unpaired) electrons. The van der Waals surface area contributed by atoms with E-state index in [0.717, 1.165) is 36.5 Å². The van der Waals surface area contributed by atoms with Crippen LogP contribution in [0.2, 0.25) is 5.02 Å². The third-order valence-electron chi connectivity index (χ3n) is 6.36. The van der Waals surface area contributed by atoms with Crippen molar-refractivity contribution in [2.75, 3.05) is 46.4 Å². The van der Waals surface area contributed by atoms with E-state index >= 15 is 0 Å². The van der Waals surface area contributed by atoms with Crippen LogP contribution in [0.5, 0.6) is 11.5 Å². The van der Waals surface area contributed by atoms with E-state index in [4.69, 9.17) is 25.8 Å². The number of methoxy groups -OCH3 is 1. The van der Waals surface area contributed by atoms with Crippen molar-refractivity contribution in [3.63, 3.8) is 0 Å².